The van der Waals surface area contributed by atoms with Gasteiger partial charge >= 0.3 is 0 Å². The first-order valence-corrected chi connectivity index (χ1v) is 11.5. The molecule has 0 unspecified atom stereocenters. The highest BCUT2D eigenvalue weighted by molar-refractivity contribution is 5.87. The molecule has 1 saturated heterocycles. The fourth-order valence-electron chi connectivity index (χ4n) is 4.33. The van der Waals surface area contributed by atoms with Gasteiger partial charge in [0.05, 0.1) is 12.6 Å². The van der Waals surface area contributed by atoms with Gasteiger partial charge in [0.1, 0.15) is 11.6 Å². The molecule has 2 heterocycles. The van der Waals surface area contributed by atoms with E-state index in [0.29, 0.717) is 12.5 Å². The second kappa shape index (κ2) is 9.65. The van der Waals surface area contributed by atoms with Crippen LogP contribution in [-0.4, -0.2) is 53.5 Å². The molecule has 0 radical (unpaired) electrons. The Morgan fingerprint density at radius 2 is 1.72 bits per heavy atom. The molecule has 0 spiro atoms. The summed E-state index contributed by atoms with van der Waals surface area (Å²) in [7, 11) is 0. The average molecular weight is 432 g/mol. The van der Waals surface area contributed by atoms with E-state index in [4.69, 9.17) is 4.98 Å². The maximum atomic E-state index is 12.8. The molecule has 0 bridgehead atoms. The van der Waals surface area contributed by atoms with Crippen molar-refractivity contribution in [2.24, 2.45) is 0 Å². The van der Waals surface area contributed by atoms with E-state index in [1.54, 1.807) is 0 Å². The highest BCUT2D eigenvalue weighted by Crippen LogP contribution is 2.24. The van der Waals surface area contributed by atoms with Gasteiger partial charge in [-0.25, -0.2) is 9.97 Å². The van der Waals surface area contributed by atoms with Crippen LogP contribution in [0.15, 0.2) is 48.5 Å². The van der Waals surface area contributed by atoms with E-state index in [9.17, 15) is 4.79 Å². The third-order valence-corrected chi connectivity index (χ3v) is 6.11. The summed E-state index contributed by atoms with van der Waals surface area (Å²) in [6.07, 6.45) is 0. The van der Waals surface area contributed by atoms with Crippen molar-refractivity contribution in [2.45, 2.75) is 39.7 Å². The van der Waals surface area contributed by atoms with Crippen molar-refractivity contribution in [3.63, 3.8) is 0 Å². The monoisotopic (exact) mass is 431 g/mol. The van der Waals surface area contributed by atoms with E-state index in [0.717, 1.165) is 49.1 Å². The molecule has 4 rings (SSSR count). The van der Waals surface area contributed by atoms with Crippen LogP contribution in [0.3, 0.4) is 0 Å². The Bertz CT molecular complexity index is 1080. The number of fused-ring (bicyclic) bond motifs is 1. The lowest BCUT2D eigenvalue weighted by Crippen LogP contribution is -2.50. The first-order valence-electron chi connectivity index (χ1n) is 11.5. The number of hydrogen-bond donors (Lipinski definition) is 1. The first-order chi connectivity index (χ1) is 15.4. The maximum Gasteiger partial charge on any atom is 0.234 e. The summed E-state index contributed by atoms with van der Waals surface area (Å²) in [6, 6.07) is 16.6. The van der Waals surface area contributed by atoms with Crippen LogP contribution < -0.4 is 10.2 Å². The molecule has 6 nitrogen and oxygen atoms in total. The van der Waals surface area contributed by atoms with Gasteiger partial charge in [0.15, 0.2) is 0 Å². The standard InChI is InChI=1S/C26H33N5O/c1-18(2)26-27-19(3)16-24(29-26)31-14-12-30(13-15-31)17-25(32)28-20(4)22-11-7-9-21-8-5-6-10-23(21)22/h5-11,16,18,20H,12-15,17H2,1-4H3,(H,28,32)/t20-/m1/s1. The summed E-state index contributed by atoms with van der Waals surface area (Å²) < 4.78 is 0. The molecule has 0 aliphatic carbocycles. The summed E-state index contributed by atoms with van der Waals surface area (Å²) >= 11 is 0. The van der Waals surface area contributed by atoms with Crippen LogP contribution in [0.1, 0.15) is 49.8 Å². The number of nitrogens with zero attached hydrogens (tertiary/aromatic N) is 4. The normalized spacial score (nSPS) is 15.8. The summed E-state index contributed by atoms with van der Waals surface area (Å²) in [5, 5.41) is 5.58. The molecule has 2 aromatic carbocycles. The van der Waals surface area contributed by atoms with Gasteiger partial charge in [-0.3, -0.25) is 9.69 Å². The molecule has 1 fully saturated rings. The number of aromatic nitrogens is 2. The number of carbonyl (C=O) groups excluding carboxylic acids is 1. The second-order valence-corrected chi connectivity index (χ2v) is 9.00. The zero-order valence-electron chi connectivity index (χ0n) is 19.5. The van der Waals surface area contributed by atoms with Gasteiger partial charge in [0.2, 0.25) is 5.91 Å². The fourth-order valence-corrected chi connectivity index (χ4v) is 4.33. The van der Waals surface area contributed by atoms with Crippen LogP contribution in [0, 0.1) is 6.92 Å². The third-order valence-electron chi connectivity index (χ3n) is 6.11. The number of nitrogens with one attached hydrogen (secondary N) is 1. The average Bonchev–Trinajstić information content (AvgIpc) is 2.78. The van der Waals surface area contributed by atoms with Gasteiger partial charge in [0, 0.05) is 43.9 Å². The van der Waals surface area contributed by atoms with Crippen LogP contribution in [0.2, 0.25) is 0 Å². The van der Waals surface area contributed by atoms with Crippen LogP contribution in [0.5, 0.6) is 0 Å². The number of benzene rings is 2. The summed E-state index contributed by atoms with van der Waals surface area (Å²) in [5.41, 5.74) is 2.16. The number of rotatable bonds is 6. The first kappa shape index (κ1) is 22.2. The van der Waals surface area contributed by atoms with Crippen molar-refractivity contribution in [2.75, 3.05) is 37.6 Å². The Hall–Kier alpha value is -2.99. The largest absolute Gasteiger partial charge is 0.354 e. The molecule has 32 heavy (non-hydrogen) atoms. The smallest absolute Gasteiger partial charge is 0.234 e. The van der Waals surface area contributed by atoms with Crippen molar-refractivity contribution in [1.82, 2.24) is 20.2 Å². The Morgan fingerprint density at radius 3 is 2.47 bits per heavy atom. The van der Waals surface area contributed by atoms with E-state index in [2.05, 4.69) is 77.3 Å². The molecule has 6 heteroatoms. The number of anilines is 1. The van der Waals surface area contributed by atoms with Gasteiger partial charge in [-0.2, -0.15) is 0 Å². The highest BCUT2D eigenvalue weighted by Gasteiger charge is 2.22. The van der Waals surface area contributed by atoms with Crippen LogP contribution in [-0.2, 0) is 4.79 Å². The molecule has 168 valence electrons. The molecule has 0 saturated carbocycles. The maximum absolute atomic E-state index is 12.8. The van der Waals surface area contributed by atoms with Gasteiger partial charge in [-0.05, 0) is 30.2 Å². The Morgan fingerprint density at radius 1 is 1.00 bits per heavy atom. The summed E-state index contributed by atoms with van der Waals surface area (Å²) in [5.74, 6) is 2.26. The predicted molar refractivity (Wildman–Crippen MR) is 130 cm³/mol. The van der Waals surface area contributed by atoms with E-state index >= 15 is 0 Å². The van der Waals surface area contributed by atoms with E-state index in [1.807, 2.05) is 19.1 Å². The zero-order valence-corrected chi connectivity index (χ0v) is 19.5. The Balaban J connectivity index is 1.33. The highest BCUT2D eigenvalue weighted by atomic mass is 16.2. The van der Waals surface area contributed by atoms with E-state index in [-0.39, 0.29) is 11.9 Å². The summed E-state index contributed by atoms with van der Waals surface area (Å²) in [4.78, 5) is 26.6. The van der Waals surface area contributed by atoms with Gasteiger partial charge in [0.25, 0.3) is 0 Å². The molecule has 1 N–H and O–H groups in total. The molecule has 3 aromatic rings. The topological polar surface area (TPSA) is 61.4 Å². The zero-order chi connectivity index (χ0) is 22.7. The lowest BCUT2D eigenvalue weighted by atomic mass is 10.00. The molecular weight excluding hydrogens is 398 g/mol. The van der Waals surface area contributed by atoms with Crippen LogP contribution in [0.25, 0.3) is 10.8 Å². The van der Waals surface area contributed by atoms with Crippen LogP contribution in [0.4, 0.5) is 5.82 Å². The molecular formula is C26H33N5O. The van der Waals surface area contributed by atoms with Crippen LogP contribution >= 0.6 is 0 Å². The van der Waals surface area contributed by atoms with Crippen molar-refractivity contribution in [1.29, 1.82) is 0 Å². The minimum atomic E-state index is -0.0339. The lowest BCUT2D eigenvalue weighted by Gasteiger charge is -2.35. The van der Waals surface area contributed by atoms with Gasteiger partial charge < -0.3 is 10.2 Å². The van der Waals surface area contributed by atoms with E-state index < -0.39 is 0 Å². The van der Waals surface area contributed by atoms with Crippen molar-refractivity contribution in [3.8, 4) is 0 Å². The number of piperazine rings is 1. The van der Waals surface area contributed by atoms with Gasteiger partial charge in [-0.15, -0.1) is 0 Å². The number of hydrogen-bond acceptors (Lipinski definition) is 5. The number of carbonyl (C=O) groups is 1. The third kappa shape index (κ3) is 5.07. The Kier molecular flexibility index (Phi) is 6.70. The van der Waals surface area contributed by atoms with Gasteiger partial charge in [-0.1, -0.05) is 56.3 Å². The molecule has 1 atom stereocenters. The minimum Gasteiger partial charge on any atom is -0.354 e. The summed E-state index contributed by atoms with van der Waals surface area (Å²) in [6.45, 7) is 12.1. The lowest BCUT2D eigenvalue weighted by molar-refractivity contribution is -0.123. The fraction of sp³-hybridized carbons (Fsp3) is 0.423. The van der Waals surface area contributed by atoms with Crippen molar-refractivity contribution < 1.29 is 4.79 Å². The molecule has 1 aromatic heterocycles. The molecule has 1 amide bonds. The Labute approximate surface area is 190 Å². The number of amides is 1. The van der Waals surface area contributed by atoms with Crippen molar-refractivity contribution >= 4 is 22.5 Å². The quantitative estimate of drug-likeness (QED) is 0.638. The molecule has 1 aliphatic rings. The van der Waals surface area contributed by atoms with Crippen molar-refractivity contribution in [3.05, 3.63) is 65.6 Å². The molecule has 1 aliphatic heterocycles. The second-order valence-electron chi connectivity index (χ2n) is 9.00. The minimum absolute atomic E-state index is 0.0339. The van der Waals surface area contributed by atoms with E-state index in [1.165, 1.54) is 10.8 Å². The predicted octanol–water partition coefficient (Wildman–Crippen LogP) is 4.06. The number of aryl methyl sites for hydroxylation is 1. The SMILES string of the molecule is Cc1cc(N2CCN(CC(=O)N[C@H](C)c3cccc4ccccc34)CC2)nc(C(C)C)n1.